The summed E-state index contributed by atoms with van der Waals surface area (Å²) < 4.78 is 23.8. The monoisotopic (exact) mass is 319 g/mol. The molecule has 2 aromatic rings. The summed E-state index contributed by atoms with van der Waals surface area (Å²) in [5.74, 6) is -0.241. The second-order valence-electron chi connectivity index (χ2n) is 4.79. The van der Waals surface area contributed by atoms with Gasteiger partial charge in [-0.1, -0.05) is 6.92 Å². The Labute approximate surface area is 129 Å². The zero-order chi connectivity index (χ0) is 16.2. The molecule has 0 aliphatic carbocycles. The average Bonchev–Trinajstić information content (AvgIpc) is 2.55. The molecular formula is C15H17N3O3S. The van der Waals surface area contributed by atoms with Gasteiger partial charge in [-0.2, -0.15) is 0 Å². The van der Waals surface area contributed by atoms with Crippen LogP contribution in [0.1, 0.15) is 35.8 Å². The van der Waals surface area contributed by atoms with E-state index in [1.165, 1.54) is 18.6 Å². The van der Waals surface area contributed by atoms with E-state index >= 15 is 0 Å². The largest absolute Gasteiger partial charge is 0.345 e. The first-order chi connectivity index (χ1) is 10.4. The molecule has 7 heteroatoms. The third kappa shape index (κ3) is 3.67. The Balaban J connectivity index is 2.18. The quantitative estimate of drug-likeness (QED) is 0.907. The molecule has 2 rings (SSSR count). The third-order valence-electron chi connectivity index (χ3n) is 3.26. The van der Waals surface area contributed by atoms with Gasteiger partial charge in [0.25, 0.3) is 5.91 Å². The van der Waals surface area contributed by atoms with Crippen molar-refractivity contribution in [2.45, 2.75) is 24.8 Å². The summed E-state index contributed by atoms with van der Waals surface area (Å²) in [4.78, 5) is 20.1. The summed E-state index contributed by atoms with van der Waals surface area (Å²) in [6.45, 7) is 3.36. The number of carbonyl (C=O) groups excluding carboxylic acids is 1. The van der Waals surface area contributed by atoms with Crippen molar-refractivity contribution in [3.8, 4) is 0 Å². The molecule has 1 N–H and O–H groups in total. The Hall–Kier alpha value is -2.28. The van der Waals surface area contributed by atoms with Gasteiger partial charge in [-0.3, -0.25) is 14.8 Å². The van der Waals surface area contributed by atoms with Crippen molar-refractivity contribution in [3.63, 3.8) is 0 Å². The van der Waals surface area contributed by atoms with E-state index in [0.29, 0.717) is 11.1 Å². The van der Waals surface area contributed by atoms with Crippen LogP contribution in [0.15, 0.2) is 47.9 Å². The fraction of sp³-hybridized carbons (Fsp3) is 0.267. The number of hydrogen-bond donors (Lipinski definition) is 1. The van der Waals surface area contributed by atoms with Gasteiger partial charge < -0.3 is 5.32 Å². The van der Waals surface area contributed by atoms with E-state index < -0.39 is 9.84 Å². The zero-order valence-corrected chi connectivity index (χ0v) is 13.2. The molecule has 0 aliphatic rings. The molecule has 6 nitrogen and oxygen atoms in total. The lowest BCUT2D eigenvalue weighted by Gasteiger charge is -2.15. The molecule has 116 valence electrons. The minimum atomic E-state index is -3.32. The van der Waals surface area contributed by atoms with Crippen molar-refractivity contribution in [3.05, 3.63) is 54.1 Å². The number of carbonyl (C=O) groups is 1. The minimum absolute atomic E-state index is 0.00981. The second-order valence-corrected chi connectivity index (χ2v) is 7.07. The molecule has 0 fully saturated rings. The molecule has 0 spiro atoms. The highest BCUT2D eigenvalue weighted by molar-refractivity contribution is 7.91. The van der Waals surface area contributed by atoms with E-state index in [1.54, 1.807) is 38.2 Å². The molecular weight excluding hydrogens is 302 g/mol. The Morgan fingerprint density at radius 1 is 1.23 bits per heavy atom. The summed E-state index contributed by atoms with van der Waals surface area (Å²) in [5.41, 5.74) is 1.13. The van der Waals surface area contributed by atoms with Gasteiger partial charge in [0.15, 0.2) is 9.84 Å². The standard InChI is InChI=1S/C15H17N3O3S/c1-3-22(20,21)14-8-13(9-17-10-14)11(2)18-15(19)12-4-6-16-7-5-12/h4-11H,3H2,1-2H3,(H,18,19)/t11-/m0/s1. The molecule has 0 aromatic carbocycles. The van der Waals surface area contributed by atoms with Crippen molar-refractivity contribution in [2.75, 3.05) is 5.75 Å². The van der Waals surface area contributed by atoms with Crippen LogP contribution in [0, 0.1) is 0 Å². The molecule has 1 amide bonds. The lowest BCUT2D eigenvalue weighted by Crippen LogP contribution is -2.26. The van der Waals surface area contributed by atoms with Crippen LogP contribution in [0.4, 0.5) is 0 Å². The lowest BCUT2D eigenvalue weighted by atomic mass is 10.1. The van der Waals surface area contributed by atoms with Crippen LogP contribution in [0.2, 0.25) is 0 Å². The van der Waals surface area contributed by atoms with Crippen LogP contribution in [-0.4, -0.2) is 30.0 Å². The molecule has 0 saturated carbocycles. The van der Waals surface area contributed by atoms with Crippen molar-refractivity contribution in [1.82, 2.24) is 15.3 Å². The van der Waals surface area contributed by atoms with Gasteiger partial charge in [0, 0.05) is 30.4 Å². The summed E-state index contributed by atoms with van der Waals surface area (Å²) in [6, 6.07) is 4.40. The highest BCUT2D eigenvalue weighted by atomic mass is 32.2. The number of amides is 1. The summed E-state index contributed by atoms with van der Waals surface area (Å²) in [7, 11) is -3.32. The molecule has 22 heavy (non-hydrogen) atoms. The first kappa shape index (κ1) is 16.1. The zero-order valence-electron chi connectivity index (χ0n) is 12.4. The van der Waals surface area contributed by atoms with Crippen molar-refractivity contribution in [2.24, 2.45) is 0 Å². The Morgan fingerprint density at radius 3 is 2.55 bits per heavy atom. The molecule has 0 saturated heterocycles. The normalized spacial score (nSPS) is 12.6. The molecule has 0 radical (unpaired) electrons. The van der Waals surface area contributed by atoms with E-state index in [9.17, 15) is 13.2 Å². The van der Waals surface area contributed by atoms with Crippen LogP contribution in [0.5, 0.6) is 0 Å². The Bertz CT molecular complexity index is 761. The first-order valence-electron chi connectivity index (χ1n) is 6.82. The summed E-state index contributed by atoms with van der Waals surface area (Å²) in [5, 5.41) is 2.81. The maximum Gasteiger partial charge on any atom is 0.251 e. The van der Waals surface area contributed by atoms with Gasteiger partial charge in [0.05, 0.1) is 16.7 Å². The van der Waals surface area contributed by atoms with Crippen molar-refractivity contribution >= 4 is 15.7 Å². The number of aromatic nitrogens is 2. The minimum Gasteiger partial charge on any atom is -0.345 e. The summed E-state index contributed by atoms with van der Waals surface area (Å²) in [6.07, 6.45) is 5.94. The molecule has 0 bridgehead atoms. The Morgan fingerprint density at radius 2 is 1.91 bits per heavy atom. The predicted octanol–water partition coefficient (Wildman–Crippen LogP) is 1.76. The second kappa shape index (κ2) is 6.65. The Kier molecular flexibility index (Phi) is 4.87. The fourth-order valence-corrected chi connectivity index (χ4v) is 2.75. The van der Waals surface area contributed by atoms with Gasteiger partial charge in [-0.15, -0.1) is 0 Å². The van der Waals surface area contributed by atoms with Crippen LogP contribution >= 0.6 is 0 Å². The maximum atomic E-state index is 12.1. The van der Waals surface area contributed by atoms with Gasteiger partial charge in [0.2, 0.25) is 0 Å². The number of sulfone groups is 1. The number of rotatable bonds is 5. The van der Waals surface area contributed by atoms with E-state index in [1.807, 2.05) is 0 Å². The first-order valence-corrected chi connectivity index (χ1v) is 8.48. The number of pyridine rings is 2. The van der Waals surface area contributed by atoms with Gasteiger partial charge in [0.1, 0.15) is 0 Å². The van der Waals surface area contributed by atoms with E-state index in [2.05, 4.69) is 15.3 Å². The van der Waals surface area contributed by atoms with Crippen LogP contribution in [-0.2, 0) is 9.84 Å². The average molecular weight is 319 g/mol. The van der Waals surface area contributed by atoms with Gasteiger partial charge in [-0.05, 0) is 30.7 Å². The van der Waals surface area contributed by atoms with Crippen LogP contribution in [0.25, 0.3) is 0 Å². The van der Waals surface area contributed by atoms with Crippen LogP contribution in [0.3, 0.4) is 0 Å². The smallest absolute Gasteiger partial charge is 0.251 e. The van der Waals surface area contributed by atoms with Gasteiger partial charge >= 0.3 is 0 Å². The highest BCUT2D eigenvalue weighted by Gasteiger charge is 2.16. The van der Waals surface area contributed by atoms with E-state index in [4.69, 9.17) is 0 Å². The topological polar surface area (TPSA) is 89.0 Å². The predicted molar refractivity (Wildman–Crippen MR) is 82.1 cm³/mol. The third-order valence-corrected chi connectivity index (χ3v) is 4.97. The number of nitrogens with one attached hydrogen (secondary N) is 1. The molecule has 2 heterocycles. The van der Waals surface area contributed by atoms with E-state index in [0.717, 1.165) is 0 Å². The maximum absolute atomic E-state index is 12.1. The summed E-state index contributed by atoms with van der Waals surface area (Å²) >= 11 is 0. The molecule has 2 aromatic heterocycles. The van der Waals surface area contributed by atoms with E-state index in [-0.39, 0.29) is 22.6 Å². The van der Waals surface area contributed by atoms with Crippen molar-refractivity contribution < 1.29 is 13.2 Å². The fourth-order valence-electron chi connectivity index (χ4n) is 1.88. The van der Waals surface area contributed by atoms with Gasteiger partial charge in [-0.25, -0.2) is 8.42 Å². The van der Waals surface area contributed by atoms with Crippen molar-refractivity contribution in [1.29, 1.82) is 0 Å². The number of nitrogens with zero attached hydrogens (tertiary/aromatic N) is 2. The molecule has 0 aliphatic heterocycles. The molecule has 0 unspecified atom stereocenters. The highest BCUT2D eigenvalue weighted by Crippen LogP contribution is 2.17. The van der Waals surface area contributed by atoms with Crippen LogP contribution < -0.4 is 5.32 Å². The lowest BCUT2D eigenvalue weighted by molar-refractivity contribution is 0.0939. The SMILES string of the molecule is CCS(=O)(=O)c1cncc([C@H](C)NC(=O)c2ccncc2)c1. The molecule has 1 atom stereocenters. The number of hydrogen-bond acceptors (Lipinski definition) is 5.